The number of fused-ring (bicyclic) bond motifs is 1. The Hall–Kier alpha value is -1.75. The first-order chi connectivity index (χ1) is 7.26. The van der Waals surface area contributed by atoms with E-state index in [4.69, 9.17) is 14.5 Å². The van der Waals surface area contributed by atoms with Crippen molar-refractivity contribution in [2.45, 2.75) is 6.61 Å². The van der Waals surface area contributed by atoms with Crippen LogP contribution in [0.3, 0.4) is 0 Å². The molecule has 0 aromatic heterocycles. The van der Waals surface area contributed by atoms with E-state index in [9.17, 15) is 4.79 Å². The molecule has 0 aliphatic carbocycles. The molecule has 1 aliphatic heterocycles. The molecule has 0 saturated carbocycles. The van der Waals surface area contributed by atoms with Gasteiger partial charge in [-0.1, -0.05) is 0 Å². The predicted molar refractivity (Wildman–Crippen MR) is 49.8 cm³/mol. The van der Waals surface area contributed by atoms with Crippen molar-refractivity contribution < 1.29 is 24.0 Å². The van der Waals surface area contributed by atoms with Crippen molar-refractivity contribution in [1.29, 1.82) is 0 Å². The molecule has 0 atom stereocenters. The average Bonchev–Trinajstić information content (AvgIpc) is 2.74. The molecule has 2 rings (SSSR count). The molecule has 0 fully saturated rings. The summed E-state index contributed by atoms with van der Waals surface area (Å²) in [6.45, 7) is 0.302. The smallest absolute Gasteiger partial charge is 0.337 e. The molecule has 0 radical (unpaired) electrons. The maximum Gasteiger partial charge on any atom is 0.337 e. The Morgan fingerprint density at radius 2 is 2.20 bits per heavy atom. The summed E-state index contributed by atoms with van der Waals surface area (Å²) in [6, 6.07) is 3.22. The molecule has 5 heteroatoms. The van der Waals surface area contributed by atoms with Gasteiger partial charge >= 0.3 is 5.97 Å². The van der Waals surface area contributed by atoms with Gasteiger partial charge in [-0.25, -0.2) is 4.79 Å². The molecular weight excluding hydrogens is 200 g/mol. The SMILES string of the molecule is COC(=O)c1cc2c(c(OC)c1)OOC2. The highest BCUT2D eigenvalue weighted by atomic mass is 17.2. The molecule has 15 heavy (non-hydrogen) atoms. The van der Waals surface area contributed by atoms with Crippen LogP contribution in [0.5, 0.6) is 11.5 Å². The van der Waals surface area contributed by atoms with Gasteiger partial charge in [0.15, 0.2) is 5.75 Å². The number of rotatable bonds is 2. The normalized spacial score (nSPS) is 12.9. The Morgan fingerprint density at radius 3 is 2.87 bits per heavy atom. The lowest BCUT2D eigenvalue weighted by molar-refractivity contribution is -0.195. The van der Waals surface area contributed by atoms with Gasteiger partial charge < -0.3 is 14.4 Å². The van der Waals surface area contributed by atoms with Crippen LogP contribution in [0.25, 0.3) is 0 Å². The van der Waals surface area contributed by atoms with Crippen LogP contribution in [-0.2, 0) is 16.2 Å². The molecule has 0 spiro atoms. The first kappa shape index (κ1) is 9.79. The number of hydrogen-bond acceptors (Lipinski definition) is 5. The lowest BCUT2D eigenvalue weighted by Crippen LogP contribution is -2.02. The minimum absolute atomic E-state index is 0.302. The van der Waals surface area contributed by atoms with Crippen LogP contribution in [0.1, 0.15) is 15.9 Å². The van der Waals surface area contributed by atoms with Crippen LogP contribution in [0, 0.1) is 0 Å². The average molecular weight is 210 g/mol. The van der Waals surface area contributed by atoms with Crippen LogP contribution in [-0.4, -0.2) is 20.2 Å². The maximum absolute atomic E-state index is 11.3. The van der Waals surface area contributed by atoms with E-state index in [1.54, 1.807) is 12.1 Å². The summed E-state index contributed by atoms with van der Waals surface area (Å²) in [5.74, 6) is 0.568. The Bertz CT molecular complexity index is 399. The molecule has 1 heterocycles. The number of carbonyl (C=O) groups is 1. The van der Waals surface area contributed by atoms with Gasteiger partial charge in [0.1, 0.15) is 6.61 Å². The van der Waals surface area contributed by atoms with E-state index >= 15 is 0 Å². The highest BCUT2D eigenvalue weighted by molar-refractivity contribution is 5.90. The second-order valence-corrected chi connectivity index (χ2v) is 3.00. The molecule has 1 aromatic carbocycles. The van der Waals surface area contributed by atoms with Crippen molar-refractivity contribution in [1.82, 2.24) is 0 Å². The Kier molecular flexibility index (Phi) is 2.47. The van der Waals surface area contributed by atoms with Gasteiger partial charge in [-0.05, 0) is 12.1 Å². The lowest BCUT2D eigenvalue weighted by Gasteiger charge is -2.06. The number of ether oxygens (including phenoxy) is 2. The molecule has 0 saturated heterocycles. The van der Waals surface area contributed by atoms with E-state index in [1.807, 2.05) is 0 Å². The zero-order valence-electron chi connectivity index (χ0n) is 8.40. The molecule has 1 aliphatic rings. The first-order valence-corrected chi connectivity index (χ1v) is 4.35. The number of benzene rings is 1. The fraction of sp³-hybridized carbons (Fsp3) is 0.300. The molecule has 0 unspecified atom stereocenters. The summed E-state index contributed by atoms with van der Waals surface area (Å²) in [7, 11) is 2.83. The Labute approximate surface area is 86.4 Å². The summed E-state index contributed by atoms with van der Waals surface area (Å²) in [5, 5.41) is 0. The second kappa shape index (κ2) is 3.78. The summed E-state index contributed by atoms with van der Waals surface area (Å²) in [5.41, 5.74) is 1.19. The van der Waals surface area contributed by atoms with Crippen molar-refractivity contribution in [2.75, 3.05) is 14.2 Å². The van der Waals surface area contributed by atoms with Crippen molar-refractivity contribution in [3.8, 4) is 11.5 Å². The topological polar surface area (TPSA) is 54.0 Å². The molecule has 0 bridgehead atoms. The van der Waals surface area contributed by atoms with E-state index < -0.39 is 5.97 Å². The predicted octanol–water partition coefficient (Wildman–Crippen LogP) is 1.31. The van der Waals surface area contributed by atoms with Crippen molar-refractivity contribution in [2.24, 2.45) is 0 Å². The number of methoxy groups -OCH3 is 2. The van der Waals surface area contributed by atoms with Gasteiger partial charge in [0, 0.05) is 5.56 Å². The van der Waals surface area contributed by atoms with Crippen molar-refractivity contribution in [3.05, 3.63) is 23.3 Å². The monoisotopic (exact) mass is 210 g/mol. The Morgan fingerprint density at radius 1 is 1.40 bits per heavy atom. The zero-order chi connectivity index (χ0) is 10.8. The number of carbonyl (C=O) groups excluding carboxylic acids is 1. The zero-order valence-corrected chi connectivity index (χ0v) is 8.40. The van der Waals surface area contributed by atoms with E-state index in [0.717, 1.165) is 5.56 Å². The van der Waals surface area contributed by atoms with Gasteiger partial charge in [-0.2, -0.15) is 4.89 Å². The molecule has 1 aromatic rings. The quantitative estimate of drug-likeness (QED) is 0.544. The largest absolute Gasteiger partial charge is 0.493 e. The van der Waals surface area contributed by atoms with Gasteiger partial charge in [-0.3, -0.25) is 0 Å². The molecule has 80 valence electrons. The van der Waals surface area contributed by atoms with Gasteiger partial charge in [-0.15, -0.1) is 0 Å². The summed E-state index contributed by atoms with van der Waals surface area (Å²) >= 11 is 0. The third-order valence-electron chi connectivity index (χ3n) is 2.13. The van der Waals surface area contributed by atoms with E-state index in [-0.39, 0.29) is 0 Å². The highest BCUT2D eigenvalue weighted by Gasteiger charge is 2.22. The van der Waals surface area contributed by atoms with Gasteiger partial charge in [0.05, 0.1) is 19.8 Å². The highest BCUT2D eigenvalue weighted by Crippen LogP contribution is 2.37. The summed E-state index contributed by atoms with van der Waals surface area (Å²) in [6.07, 6.45) is 0. The maximum atomic E-state index is 11.3. The van der Waals surface area contributed by atoms with Gasteiger partial charge in [0.2, 0.25) is 5.75 Å². The van der Waals surface area contributed by atoms with Crippen molar-refractivity contribution >= 4 is 5.97 Å². The van der Waals surface area contributed by atoms with E-state index in [2.05, 4.69) is 4.74 Å². The number of hydrogen-bond donors (Lipinski definition) is 0. The third-order valence-corrected chi connectivity index (χ3v) is 2.13. The standard InChI is InChI=1S/C10H10O5/c1-12-8-4-6(10(11)13-2)3-7-5-14-15-9(7)8/h3-4H,5H2,1-2H3. The minimum atomic E-state index is -0.414. The molecule has 5 nitrogen and oxygen atoms in total. The van der Waals surface area contributed by atoms with Gasteiger partial charge in [0.25, 0.3) is 0 Å². The fourth-order valence-electron chi connectivity index (χ4n) is 1.40. The fourth-order valence-corrected chi connectivity index (χ4v) is 1.40. The van der Waals surface area contributed by atoms with Crippen LogP contribution in [0.2, 0.25) is 0 Å². The molecule has 0 N–H and O–H groups in total. The summed E-state index contributed by atoms with van der Waals surface area (Å²) < 4.78 is 9.70. The van der Waals surface area contributed by atoms with E-state index in [0.29, 0.717) is 23.7 Å². The van der Waals surface area contributed by atoms with Crippen LogP contribution >= 0.6 is 0 Å². The van der Waals surface area contributed by atoms with Crippen LogP contribution < -0.4 is 9.62 Å². The lowest BCUT2D eigenvalue weighted by atomic mass is 10.1. The van der Waals surface area contributed by atoms with E-state index in [1.165, 1.54) is 14.2 Å². The summed E-state index contributed by atoms with van der Waals surface area (Å²) in [4.78, 5) is 21.0. The number of esters is 1. The third kappa shape index (κ3) is 1.61. The Balaban J connectivity index is 2.48. The van der Waals surface area contributed by atoms with Crippen LogP contribution in [0.15, 0.2) is 12.1 Å². The second-order valence-electron chi connectivity index (χ2n) is 3.00. The van der Waals surface area contributed by atoms with Crippen LogP contribution in [0.4, 0.5) is 0 Å². The molecule has 0 amide bonds. The van der Waals surface area contributed by atoms with Crippen molar-refractivity contribution in [3.63, 3.8) is 0 Å². The molecular formula is C10H10O5. The first-order valence-electron chi connectivity index (χ1n) is 4.35. The minimum Gasteiger partial charge on any atom is -0.493 e.